The van der Waals surface area contributed by atoms with Gasteiger partial charge in [0, 0.05) is 4.57 Å². The smallest absolute Gasteiger partial charge is 0.208 e. The van der Waals surface area contributed by atoms with E-state index >= 15 is 0 Å². The maximum Gasteiger partial charge on any atom is 0.697 e. The first kappa shape index (κ1) is 11.7. The quantitative estimate of drug-likeness (QED) is 0.496. The van der Waals surface area contributed by atoms with Gasteiger partial charge >= 0.3 is 8.25 Å². The van der Waals surface area contributed by atoms with Crippen LogP contribution in [0.5, 0.6) is 0 Å². The second-order valence-corrected chi connectivity index (χ2v) is 2.56. The summed E-state index contributed by atoms with van der Waals surface area (Å²) in [5, 5.41) is 0. The van der Waals surface area contributed by atoms with Crippen molar-refractivity contribution in [1.29, 1.82) is 0 Å². The van der Waals surface area contributed by atoms with Crippen LogP contribution in [0.4, 0.5) is 17.6 Å². The van der Waals surface area contributed by atoms with Crippen LogP contribution >= 0.6 is 8.25 Å². The minimum absolute atomic E-state index is 1.08. The summed E-state index contributed by atoms with van der Waals surface area (Å²) in [6.45, 7) is -2.17. The van der Waals surface area contributed by atoms with Crippen LogP contribution < -0.4 is 0 Å². The van der Waals surface area contributed by atoms with E-state index in [0.29, 0.717) is 0 Å². The first-order valence-electron chi connectivity index (χ1n) is 2.81. The molecule has 0 saturated heterocycles. The van der Waals surface area contributed by atoms with Crippen LogP contribution in [0.2, 0.25) is 0 Å². The first-order valence-corrected chi connectivity index (χ1v) is 3.91. The van der Waals surface area contributed by atoms with Crippen molar-refractivity contribution in [3.63, 3.8) is 0 Å². The zero-order valence-electron chi connectivity index (χ0n) is 5.75. The lowest BCUT2D eigenvalue weighted by Crippen LogP contribution is -2.03. The molecule has 0 radical (unpaired) electrons. The number of halogens is 4. The predicted octanol–water partition coefficient (Wildman–Crippen LogP) is 2.21. The number of alkyl halides is 4. The lowest BCUT2D eigenvalue weighted by atomic mass is 10.8. The molecule has 0 bridgehead atoms. The molecule has 0 rings (SSSR count). The Morgan fingerprint density at radius 3 is 1.58 bits per heavy atom. The molecule has 0 spiro atoms. The van der Waals surface area contributed by atoms with Crippen LogP contribution in [-0.4, -0.2) is 26.1 Å². The van der Waals surface area contributed by atoms with E-state index in [0.717, 1.165) is 0 Å². The Balaban J connectivity index is 3.34. The monoisotopic (exact) mass is 209 g/mol. The highest BCUT2D eigenvalue weighted by molar-refractivity contribution is 7.33. The molecule has 0 aliphatic carbocycles. The van der Waals surface area contributed by atoms with Crippen molar-refractivity contribution in [3.8, 4) is 0 Å². The molecule has 0 aromatic rings. The topological polar surface area (TPSA) is 35.5 Å². The Labute approximate surface area is 66.6 Å². The van der Waals surface area contributed by atoms with Gasteiger partial charge < -0.3 is 0 Å². The maximum absolute atomic E-state index is 11.3. The molecule has 0 aromatic carbocycles. The number of hydrogen-bond acceptors (Lipinski definition) is 3. The van der Waals surface area contributed by atoms with Crippen LogP contribution in [0.25, 0.3) is 0 Å². The molecular weight excluding hydrogens is 203 g/mol. The molecule has 3 nitrogen and oxygen atoms in total. The van der Waals surface area contributed by atoms with Crippen molar-refractivity contribution in [2.24, 2.45) is 0 Å². The van der Waals surface area contributed by atoms with Gasteiger partial charge in [-0.05, 0) is 0 Å². The Morgan fingerprint density at radius 1 is 1.00 bits per heavy atom. The van der Waals surface area contributed by atoms with Gasteiger partial charge in [-0.2, -0.15) is 0 Å². The van der Waals surface area contributed by atoms with Crippen molar-refractivity contribution in [3.05, 3.63) is 0 Å². The average molecular weight is 209 g/mol. The zero-order valence-corrected chi connectivity index (χ0v) is 6.65. The third-order valence-corrected chi connectivity index (χ3v) is 1.33. The second kappa shape index (κ2) is 6.28. The molecule has 0 amide bonds. The van der Waals surface area contributed by atoms with E-state index in [2.05, 4.69) is 9.05 Å². The third-order valence-electron chi connectivity index (χ3n) is 0.612. The van der Waals surface area contributed by atoms with Gasteiger partial charge in [0.15, 0.2) is 13.2 Å². The van der Waals surface area contributed by atoms with Crippen molar-refractivity contribution in [2.45, 2.75) is 12.9 Å². The SMILES string of the molecule is O=[P+](OCC(F)F)OCC(F)F. The van der Waals surface area contributed by atoms with Crippen LogP contribution in [-0.2, 0) is 13.6 Å². The lowest BCUT2D eigenvalue weighted by molar-refractivity contribution is 0.0537. The van der Waals surface area contributed by atoms with E-state index in [1.807, 2.05) is 0 Å². The molecule has 0 atom stereocenters. The zero-order chi connectivity index (χ0) is 9.56. The Morgan fingerprint density at radius 2 is 1.33 bits per heavy atom. The van der Waals surface area contributed by atoms with Crippen molar-refractivity contribution in [2.75, 3.05) is 13.2 Å². The van der Waals surface area contributed by atoms with Gasteiger partial charge in [-0.15, -0.1) is 9.05 Å². The Bertz CT molecular complexity index is 128. The molecule has 0 fully saturated rings. The van der Waals surface area contributed by atoms with Gasteiger partial charge in [-0.25, -0.2) is 17.6 Å². The van der Waals surface area contributed by atoms with Crippen LogP contribution in [0.15, 0.2) is 0 Å². The molecule has 0 N–H and O–H groups in total. The van der Waals surface area contributed by atoms with Crippen LogP contribution in [0.3, 0.4) is 0 Å². The van der Waals surface area contributed by atoms with Crippen molar-refractivity contribution < 1.29 is 31.2 Å². The van der Waals surface area contributed by atoms with Crippen molar-refractivity contribution in [1.82, 2.24) is 0 Å². The van der Waals surface area contributed by atoms with Gasteiger partial charge in [0.2, 0.25) is 0 Å². The van der Waals surface area contributed by atoms with E-state index in [1.165, 1.54) is 0 Å². The summed E-state index contributed by atoms with van der Waals surface area (Å²) in [5.74, 6) is 0. The minimum Gasteiger partial charge on any atom is -0.208 e. The largest absolute Gasteiger partial charge is 0.697 e. The molecule has 12 heavy (non-hydrogen) atoms. The maximum atomic E-state index is 11.3. The minimum atomic E-state index is -2.86. The second-order valence-electron chi connectivity index (χ2n) is 1.60. The molecule has 0 heterocycles. The van der Waals surface area contributed by atoms with Gasteiger partial charge in [0.05, 0.1) is 0 Å². The highest BCUT2D eigenvalue weighted by atomic mass is 31.1. The van der Waals surface area contributed by atoms with Gasteiger partial charge in [0.1, 0.15) is 0 Å². The van der Waals surface area contributed by atoms with Crippen LogP contribution in [0.1, 0.15) is 0 Å². The molecule has 0 unspecified atom stereocenters. The molecule has 0 saturated carbocycles. The summed E-state index contributed by atoms with van der Waals surface area (Å²) < 4.78 is 63.4. The highest BCUT2D eigenvalue weighted by Gasteiger charge is 2.24. The summed E-state index contributed by atoms with van der Waals surface area (Å²) >= 11 is 0. The van der Waals surface area contributed by atoms with E-state index < -0.39 is 34.3 Å². The van der Waals surface area contributed by atoms with Gasteiger partial charge in [0.25, 0.3) is 12.9 Å². The third kappa shape index (κ3) is 7.84. The standard InChI is InChI=1S/C4H6F4O3P/c5-3(6)1-10-12(9)11-2-4(7)8/h3-4H,1-2H2/q+1. The molecule has 0 aliphatic rings. The number of hydrogen-bond donors (Lipinski definition) is 0. The highest BCUT2D eigenvalue weighted by Crippen LogP contribution is 2.24. The molecule has 0 aromatic heterocycles. The summed E-state index contributed by atoms with van der Waals surface area (Å²) in [7, 11) is -2.86. The van der Waals surface area contributed by atoms with Gasteiger partial charge in [-0.1, -0.05) is 0 Å². The van der Waals surface area contributed by atoms with E-state index in [-0.39, 0.29) is 0 Å². The molecule has 0 aliphatic heterocycles. The fourth-order valence-electron chi connectivity index (χ4n) is 0.272. The summed E-state index contributed by atoms with van der Waals surface area (Å²) in [5.41, 5.74) is 0. The van der Waals surface area contributed by atoms with Crippen molar-refractivity contribution >= 4 is 8.25 Å². The molecular formula is C4H6F4O3P+. The predicted molar refractivity (Wildman–Crippen MR) is 31.5 cm³/mol. The fraction of sp³-hybridized carbons (Fsp3) is 1.00. The van der Waals surface area contributed by atoms with Gasteiger partial charge in [-0.3, -0.25) is 0 Å². The fourth-order valence-corrected chi connectivity index (χ4v) is 0.815. The summed E-state index contributed by atoms with van der Waals surface area (Å²) in [6.07, 6.45) is -5.59. The molecule has 72 valence electrons. The number of rotatable bonds is 6. The van der Waals surface area contributed by atoms with E-state index in [1.54, 1.807) is 0 Å². The molecule has 8 heteroatoms. The Kier molecular flexibility index (Phi) is 6.14. The van der Waals surface area contributed by atoms with E-state index in [4.69, 9.17) is 0 Å². The lowest BCUT2D eigenvalue weighted by Gasteiger charge is -1.90. The average Bonchev–Trinajstić information content (AvgIpc) is 1.96. The van der Waals surface area contributed by atoms with E-state index in [9.17, 15) is 22.1 Å². The van der Waals surface area contributed by atoms with Crippen LogP contribution in [0, 0.1) is 0 Å². The summed E-state index contributed by atoms with van der Waals surface area (Å²) in [4.78, 5) is 0. The normalized spacial score (nSPS) is 11.2. The summed E-state index contributed by atoms with van der Waals surface area (Å²) in [6, 6.07) is 0. The Hall–Kier alpha value is -0.260. The first-order chi connectivity index (χ1) is 5.52.